The van der Waals surface area contributed by atoms with E-state index in [0.717, 1.165) is 27.7 Å². The van der Waals surface area contributed by atoms with Gasteiger partial charge in [0.25, 0.3) is 5.56 Å². The van der Waals surface area contributed by atoms with Crippen LogP contribution in [0.1, 0.15) is 11.1 Å². The number of fused-ring (bicyclic) bond motifs is 3. The summed E-state index contributed by atoms with van der Waals surface area (Å²) in [6.07, 6.45) is 0. The lowest BCUT2D eigenvalue weighted by molar-refractivity contribution is -0.113. The Morgan fingerprint density at radius 2 is 1.80 bits per heavy atom. The number of nitrogens with zero attached hydrogens (tertiary/aromatic N) is 2. The van der Waals surface area contributed by atoms with Crippen molar-refractivity contribution in [1.29, 1.82) is 0 Å². The monoisotopic (exact) mass is 484 g/mol. The molecule has 0 fully saturated rings. The number of thioether (sulfide) groups is 1. The third kappa shape index (κ3) is 4.40. The highest BCUT2D eigenvalue weighted by molar-refractivity contribution is 7.99. The van der Waals surface area contributed by atoms with Gasteiger partial charge < -0.3 is 15.0 Å². The summed E-state index contributed by atoms with van der Waals surface area (Å²) >= 11 is 1.21. The fourth-order valence-electron chi connectivity index (χ4n) is 3.99. The van der Waals surface area contributed by atoms with Crippen LogP contribution in [0.15, 0.2) is 76.7 Å². The fraction of sp³-hybridized carbons (Fsp3) is 0.148. The number of hydrogen-bond donors (Lipinski definition) is 2. The summed E-state index contributed by atoms with van der Waals surface area (Å²) in [7, 11) is 1.57. The van der Waals surface area contributed by atoms with E-state index in [1.807, 2.05) is 80.6 Å². The quantitative estimate of drug-likeness (QED) is 0.255. The van der Waals surface area contributed by atoms with Crippen molar-refractivity contribution in [1.82, 2.24) is 14.5 Å². The highest BCUT2D eigenvalue weighted by Gasteiger charge is 2.20. The minimum atomic E-state index is -0.253. The van der Waals surface area contributed by atoms with Crippen LogP contribution in [0, 0.1) is 13.8 Å². The molecule has 2 heterocycles. The standard InChI is InChI=1S/C27H24N4O3S/c1-16-8-11-18(12-9-16)28-23(32)15-35-27-30-24-19-6-4-5-7-20(19)29-25(24)26(33)31(27)21-14-17(2)10-13-22(21)34-3/h4-14,29H,15H2,1-3H3,(H,28,32). The Labute approximate surface area is 206 Å². The molecule has 2 N–H and O–H groups in total. The maximum atomic E-state index is 13.8. The second-order valence-corrected chi connectivity index (χ2v) is 9.25. The van der Waals surface area contributed by atoms with E-state index in [0.29, 0.717) is 27.6 Å². The van der Waals surface area contributed by atoms with Gasteiger partial charge in [-0.25, -0.2) is 9.55 Å². The number of hydrogen-bond acceptors (Lipinski definition) is 5. The third-order valence-corrected chi connectivity index (χ3v) is 6.68. The predicted molar refractivity (Wildman–Crippen MR) is 141 cm³/mol. The number of carbonyl (C=O) groups excluding carboxylic acids is 1. The molecule has 8 heteroatoms. The molecule has 0 atom stereocenters. The van der Waals surface area contributed by atoms with Crippen LogP contribution >= 0.6 is 11.8 Å². The van der Waals surface area contributed by atoms with Crippen molar-refractivity contribution in [2.75, 3.05) is 18.2 Å². The van der Waals surface area contributed by atoms with Crippen molar-refractivity contribution in [2.24, 2.45) is 0 Å². The topological polar surface area (TPSA) is 89.0 Å². The maximum absolute atomic E-state index is 13.8. The third-order valence-electron chi connectivity index (χ3n) is 5.74. The minimum absolute atomic E-state index is 0.0856. The van der Waals surface area contributed by atoms with Gasteiger partial charge in [0.1, 0.15) is 16.8 Å². The van der Waals surface area contributed by atoms with E-state index in [1.54, 1.807) is 7.11 Å². The Balaban J connectivity index is 1.60. The zero-order valence-corrected chi connectivity index (χ0v) is 20.4. The van der Waals surface area contributed by atoms with Crippen molar-refractivity contribution < 1.29 is 9.53 Å². The normalized spacial score (nSPS) is 11.2. The van der Waals surface area contributed by atoms with Crippen molar-refractivity contribution in [3.8, 4) is 11.4 Å². The van der Waals surface area contributed by atoms with Crippen molar-refractivity contribution in [3.05, 3.63) is 88.2 Å². The van der Waals surface area contributed by atoms with Gasteiger partial charge in [-0.1, -0.05) is 53.7 Å². The van der Waals surface area contributed by atoms with E-state index in [2.05, 4.69) is 10.3 Å². The summed E-state index contributed by atoms with van der Waals surface area (Å²) < 4.78 is 7.08. The molecule has 5 rings (SSSR count). The number of amides is 1. The Morgan fingerprint density at radius 1 is 1.06 bits per heavy atom. The molecule has 35 heavy (non-hydrogen) atoms. The number of benzene rings is 3. The summed E-state index contributed by atoms with van der Waals surface area (Å²) in [6.45, 7) is 3.94. The van der Waals surface area contributed by atoms with Gasteiger partial charge in [0, 0.05) is 16.6 Å². The molecule has 5 aromatic rings. The molecular formula is C27H24N4O3S. The van der Waals surface area contributed by atoms with E-state index in [-0.39, 0.29) is 17.2 Å². The highest BCUT2D eigenvalue weighted by Crippen LogP contribution is 2.30. The Morgan fingerprint density at radius 3 is 2.57 bits per heavy atom. The lowest BCUT2D eigenvalue weighted by atomic mass is 10.2. The molecule has 0 aliphatic carbocycles. The molecule has 0 bridgehead atoms. The van der Waals surface area contributed by atoms with Crippen LogP contribution in [0.4, 0.5) is 5.69 Å². The van der Waals surface area contributed by atoms with Crippen LogP contribution in [0.25, 0.3) is 27.6 Å². The highest BCUT2D eigenvalue weighted by atomic mass is 32.2. The van der Waals surface area contributed by atoms with E-state index < -0.39 is 0 Å². The summed E-state index contributed by atoms with van der Waals surface area (Å²) in [6, 6.07) is 20.9. The first-order valence-corrected chi connectivity index (χ1v) is 12.1. The molecule has 3 aromatic carbocycles. The number of para-hydroxylation sites is 1. The second kappa shape index (κ2) is 9.31. The largest absolute Gasteiger partial charge is 0.495 e. The number of aromatic nitrogens is 3. The van der Waals surface area contributed by atoms with Crippen LogP contribution < -0.4 is 15.6 Å². The van der Waals surface area contributed by atoms with Gasteiger partial charge in [0.05, 0.1) is 18.6 Å². The predicted octanol–water partition coefficient (Wildman–Crippen LogP) is 5.22. The molecule has 7 nitrogen and oxygen atoms in total. The van der Waals surface area contributed by atoms with Crippen molar-refractivity contribution >= 4 is 45.3 Å². The van der Waals surface area contributed by atoms with Gasteiger partial charge >= 0.3 is 0 Å². The number of nitrogens with one attached hydrogen (secondary N) is 2. The van der Waals surface area contributed by atoms with Crippen molar-refractivity contribution in [2.45, 2.75) is 19.0 Å². The first-order valence-electron chi connectivity index (χ1n) is 11.1. The minimum Gasteiger partial charge on any atom is -0.495 e. The number of carbonyl (C=O) groups is 1. The van der Waals surface area contributed by atoms with Crippen LogP contribution in [-0.2, 0) is 4.79 Å². The lowest BCUT2D eigenvalue weighted by Gasteiger charge is -2.15. The van der Waals surface area contributed by atoms with E-state index in [4.69, 9.17) is 9.72 Å². The van der Waals surface area contributed by atoms with Gasteiger partial charge in [0.2, 0.25) is 5.91 Å². The van der Waals surface area contributed by atoms with Crippen LogP contribution in [0.3, 0.4) is 0 Å². The van der Waals surface area contributed by atoms with Gasteiger partial charge in [-0.2, -0.15) is 0 Å². The smallest absolute Gasteiger partial charge is 0.283 e. The number of methoxy groups -OCH3 is 1. The number of ether oxygens (including phenoxy) is 1. The Bertz CT molecular complexity index is 1620. The molecule has 0 unspecified atom stereocenters. The molecular weight excluding hydrogens is 460 g/mol. The molecule has 176 valence electrons. The average Bonchev–Trinajstić information content (AvgIpc) is 3.23. The van der Waals surface area contributed by atoms with E-state index in [9.17, 15) is 9.59 Å². The van der Waals surface area contributed by atoms with Gasteiger partial charge in [0.15, 0.2) is 5.16 Å². The number of aromatic amines is 1. The lowest BCUT2D eigenvalue weighted by Crippen LogP contribution is -2.23. The SMILES string of the molecule is COc1ccc(C)cc1-n1c(SCC(=O)Nc2ccc(C)cc2)nc2c([nH]c3ccccc32)c1=O. The first kappa shape index (κ1) is 22.7. The number of H-pyrrole nitrogens is 1. The average molecular weight is 485 g/mol. The molecule has 0 saturated heterocycles. The molecule has 0 radical (unpaired) electrons. The molecule has 2 aromatic heterocycles. The van der Waals surface area contributed by atoms with Gasteiger partial charge in [-0.05, 0) is 49.7 Å². The Kier molecular flexibility index (Phi) is 6.05. The summed E-state index contributed by atoms with van der Waals surface area (Å²) in [5.74, 6) is 0.443. The van der Waals surface area contributed by atoms with Gasteiger partial charge in [-0.3, -0.25) is 9.59 Å². The summed E-state index contributed by atoms with van der Waals surface area (Å²) in [5, 5.41) is 4.17. The van der Waals surface area contributed by atoms with Crippen molar-refractivity contribution in [3.63, 3.8) is 0 Å². The van der Waals surface area contributed by atoms with Crippen LogP contribution in [0.5, 0.6) is 5.75 Å². The Hall–Kier alpha value is -4.04. The summed E-state index contributed by atoms with van der Waals surface area (Å²) in [4.78, 5) is 34.6. The molecule has 0 saturated carbocycles. The number of aryl methyl sites for hydroxylation is 2. The van der Waals surface area contributed by atoms with E-state index >= 15 is 0 Å². The second-order valence-electron chi connectivity index (χ2n) is 8.31. The summed E-state index contributed by atoms with van der Waals surface area (Å²) in [5.41, 5.74) is 4.94. The zero-order valence-electron chi connectivity index (χ0n) is 19.6. The molecule has 0 spiro atoms. The number of anilines is 1. The van der Waals surface area contributed by atoms with E-state index in [1.165, 1.54) is 16.3 Å². The fourth-order valence-corrected chi connectivity index (χ4v) is 4.79. The van der Waals surface area contributed by atoms with Gasteiger partial charge in [-0.15, -0.1) is 0 Å². The van der Waals surface area contributed by atoms with Crippen LogP contribution in [0.2, 0.25) is 0 Å². The molecule has 0 aliphatic rings. The first-order chi connectivity index (χ1) is 16.9. The maximum Gasteiger partial charge on any atom is 0.283 e. The van der Waals surface area contributed by atoms with Crippen LogP contribution in [-0.4, -0.2) is 33.3 Å². The molecule has 0 aliphatic heterocycles. The number of rotatable bonds is 6. The zero-order chi connectivity index (χ0) is 24.5. The molecule has 1 amide bonds.